The molecule has 0 bridgehead atoms. The minimum atomic E-state index is -0.602. The van der Waals surface area contributed by atoms with Gasteiger partial charge in [-0.3, -0.25) is 14.5 Å². The fourth-order valence-electron chi connectivity index (χ4n) is 3.62. The van der Waals surface area contributed by atoms with Crippen LogP contribution in [0.25, 0.3) is 6.08 Å². The van der Waals surface area contributed by atoms with E-state index >= 15 is 0 Å². The quantitative estimate of drug-likeness (QED) is 0.596. The molecule has 0 saturated carbocycles. The van der Waals surface area contributed by atoms with Crippen molar-refractivity contribution in [1.82, 2.24) is 15.5 Å². The highest BCUT2D eigenvalue weighted by atomic mass is 35.5. The van der Waals surface area contributed by atoms with Gasteiger partial charge in [-0.1, -0.05) is 35.9 Å². The summed E-state index contributed by atoms with van der Waals surface area (Å²) in [6, 6.07) is 14.8. The summed E-state index contributed by atoms with van der Waals surface area (Å²) in [7, 11) is 1.61. The number of benzene rings is 2. The zero-order valence-corrected chi connectivity index (χ0v) is 19.3. The van der Waals surface area contributed by atoms with Crippen molar-refractivity contribution in [3.63, 3.8) is 0 Å². The zero-order chi connectivity index (χ0) is 22.9. The molecule has 1 saturated heterocycles. The molecule has 0 aromatic heterocycles. The number of likely N-dealkylation sites (tertiary alicyclic amines) is 1. The summed E-state index contributed by atoms with van der Waals surface area (Å²) in [4.78, 5) is 27.0. The van der Waals surface area contributed by atoms with Gasteiger partial charge in [-0.15, -0.1) is 0 Å². The van der Waals surface area contributed by atoms with E-state index in [1.165, 1.54) is 11.6 Å². The van der Waals surface area contributed by atoms with Gasteiger partial charge < -0.3 is 15.4 Å². The number of piperidine rings is 1. The Morgan fingerprint density at radius 1 is 1.12 bits per heavy atom. The van der Waals surface area contributed by atoms with Crippen molar-refractivity contribution in [3.05, 3.63) is 70.8 Å². The van der Waals surface area contributed by atoms with Gasteiger partial charge in [-0.05, 0) is 61.2 Å². The maximum atomic E-state index is 12.5. The van der Waals surface area contributed by atoms with Crippen LogP contribution in [0.4, 0.5) is 0 Å². The SMILES string of the molecule is COc1ccc(/C=C/C(=O)NC(C)C(=O)NC2CCN(Cc3ccc(Cl)cc3)CC2)cc1. The van der Waals surface area contributed by atoms with Crippen LogP contribution in [-0.2, 0) is 16.1 Å². The van der Waals surface area contributed by atoms with Gasteiger partial charge in [0, 0.05) is 36.8 Å². The predicted molar refractivity (Wildman–Crippen MR) is 128 cm³/mol. The first-order chi connectivity index (χ1) is 15.4. The Labute approximate surface area is 194 Å². The molecule has 1 aliphatic heterocycles. The number of ether oxygens (including phenoxy) is 1. The second kappa shape index (κ2) is 11.7. The molecule has 1 aliphatic rings. The molecule has 2 amide bonds. The van der Waals surface area contributed by atoms with Crippen LogP contribution in [0.2, 0.25) is 5.02 Å². The molecule has 6 nitrogen and oxygen atoms in total. The molecule has 3 rings (SSSR count). The van der Waals surface area contributed by atoms with Crippen LogP contribution >= 0.6 is 11.6 Å². The number of carbonyl (C=O) groups excluding carboxylic acids is 2. The van der Waals surface area contributed by atoms with Gasteiger partial charge in [0.1, 0.15) is 11.8 Å². The summed E-state index contributed by atoms with van der Waals surface area (Å²) in [5.41, 5.74) is 2.11. The predicted octanol–water partition coefficient (Wildman–Crippen LogP) is 3.65. The van der Waals surface area contributed by atoms with E-state index in [-0.39, 0.29) is 17.9 Å². The third kappa shape index (κ3) is 7.39. The van der Waals surface area contributed by atoms with Gasteiger partial charge in [-0.2, -0.15) is 0 Å². The van der Waals surface area contributed by atoms with Gasteiger partial charge in [0.05, 0.1) is 7.11 Å². The molecule has 32 heavy (non-hydrogen) atoms. The lowest BCUT2D eigenvalue weighted by atomic mass is 10.0. The lowest BCUT2D eigenvalue weighted by Crippen LogP contribution is -2.50. The minimum Gasteiger partial charge on any atom is -0.497 e. The molecule has 1 atom stereocenters. The van der Waals surface area contributed by atoms with E-state index in [0.29, 0.717) is 0 Å². The van der Waals surface area contributed by atoms with Crippen LogP contribution in [0.5, 0.6) is 5.75 Å². The number of methoxy groups -OCH3 is 1. The summed E-state index contributed by atoms with van der Waals surface area (Å²) in [5.74, 6) is 0.293. The highest BCUT2D eigenvalue weighted by Gasteiger charge is 2.23. The molecule has 1 unspecified atom stereocenters. The van der Waals surface area contributed by atoms with E-state index in [0.717, 1.165) is 48.8 Å². The zero-order valence-electron chi connectivity index (χ0n) is 18.5. The second-order valence-electron chi connectivity index (χ2n) is 8.02. The smallest absolute Gasteiger partial charge is 0.244 e. The number of carbonyl (C=O) groups is 2. The molecule has 1 heterocycles. The monoisotopic (exact) mass is 455 g/mol. The third-order valence-electron chi connectivity index (χ3n) is 5.55. The molecule has 1 fully saturated rings. The molecule has 2 aromatic rings. The molecular weight excluding hydrogens is 426 g/mol. The number of hydrogen-bond acceptors (Lipinski definition) is 4. The first-order valence-corrected chi connectivity index (χ1v) is 11.2. The molecule has 7 heteroatoms. The van der Waals surface area contributed by atoms with Crippen LogP contribution < -0.4 is 15.4 Å². The van der Waals surface area contributed by atoms with Crippen LogP contribution in [0, 0.1) is 0 Å². The number of nitrogens with one attached hydrogen (secondary N) is 2. The van der Waals surface area contributed by atoms with E-state index in [4.69, 9.17) is 16.3 Å². The fraction of sp³-hybridized carbons (Fsp3) is 0.360. The average molecular weight is 456 g/mol. The van der Waals surface area contributed by atoms with E-state index in [1.807, 2.05) is 48.5 Å². The number of rotatable bonds is 8. The lowest BCUT2D eigenvalue weighted by Gasteiger charge is -2.33. The van der Waals surface area contributed by atoms with E-state index < -0.39 is 6.04 Å². The average Bonchev–Trinajstić information content (AvgIpc) is 2.80. The van der Waals surface area contributed by atoms with Crippen molar-refractivity contribution in [1.29, 1.82) is 0 Å². The lowest BCUT2D eigenvalue weighted by molar-refractivity contribution is -0.127. The maximum Gasteiger partial charge on any atom is 0.244 e. The van der Waals surface area contributed by atoms with Crippen LogP contribution in [0.3, 0.4) is 0 Å². The van der Waals surface area contributed by atoms with Crippen molar-refractivity contribution in [2.75, 3.05) is 20.2 Å². The standard InChI is InChI=1S/C25H30ClN3O3/c1-18(27-24(30)12-7-19-5-10-23(32-2)11-6-19)25(31)28-22-13-15-29(16-14-22)17-20-3-8-21(26)9-4-20/h3-12,18,22H,13-17H2,1-2H3,(H,27,30)(H,28,31)/b12-7+. The van der Waals surface area contributed by atoms with Gasteiger partial charge in [0.15, 0.2) is 0 Å². The van der Waals surface area contributed by atoms with E-state index in [2.05, 4.69) is 15.5 Å². The Bertz CT molecular complexity index is 920. The summed E-state index contributed by atoms with van der Waals surface area (Å²) in [6.07, 6.45) is 4.91. The largest absolute Gasteiger partial charge is 0.497 e. The van der Waals surface area contributed by atoms with Crippen LogP contribution in [0.1, 0.15) is 30.9 Å². The topological polar surface area (TPSA) is 70.7 Å². The molecule has 0 spiro atoms. The summed E-state index contributed by atoms with van der Waals surface area (Å²) in [5, 5.41) is 6.53. The highest BCUT2D eigenvalue weighted by molar-refractivity contribution is 6.30. The van der Waals surface area contributed by atoms with Crippen LogP contribution in [-0.4, -0.2) is 49.0 Å². The van der Waals surface area contributed by atoms with E-state index in [9.17, 15) is 9.59 Å². The molecule has 0 radical (unpaired) electrons. The maximum absolute atomic E-state index is 12.5. The molecule has 2 N–H and O–H groups in total. The van der Waals surface area contributed by atoms with Crippen LogP contribution in [0.15, 0.2) is 54.6 Å². The first kappa shape index (κ1) is 23.8. The molecule has 0 aliphatic carbocycles. The number of nitrogens with zero attached hydrogens (tertiary/aromatic N) is 1. The first-order valence-electron chi connectivity index (χ1n) is 10.8. The summed E-state index contributed by atoms with van der Waals surface area (Å²) in [6.45, 7) is 4.41. The Morgan fingerprint density at radius 3 is 2.41 bits per heavy atom. The van der Waals surface area contributed by atoms with Gasteiger partial charge >= 0.3 is 0 Å². The Balaban J connectivity index is 1.39. The Hall–Kier alpha value is -2.83. The number of amides is 2. The summed E-state index contributed by atoms with van der Waals surface area (Å²) >= 11 is 5.95. The fourth-order valence-corrected chi connectivity index (χ4v) is 3.75. The molecular formula is C25H30ClN3O3. The molecule has 2 aromatic carbocycles. The highest BCUT2D eigenvalue weighted by Crippen LogP contribution is 2.16. The number of hydrogen-bond donors (Lipinski definition) is 2. The van der Waals surface area contributed by atoms with Gasteiger partial charge in [0.2, 0.25) is 11.8 Å². The van der Waals surface area contributed by atoms with Crippen molar-refractivity contribution >= 4 is 29.5 Å². The van der Waals surface area contributed by atoms with Gasteiger partial charge in [0.25, 0.3) is 0 Å². The van der Waals surface area contributed by atoms with Crippen molar-refractivity contribution in [2.45, 2.75) is 38.4 Å². The van der Waals surface area contributed by atoms with Crippen molar-refractivity contribution in [2.24, 2.45) is 0 Å². The normalized spacial score (nSPS) is 16.0. The molecule has 170 valence electrons. The van der Waals surface area contributed by atoms with E-state index in [1.54, 1.807) is 20.1 Å². The Kier molecular flexibility index (Phi) is 8.71. The minimum absolute atomic E-state index is 0.123. The second-order valence-corrected chi connectivity index (χ2v) is 8.46. The summed E-state index contributed by atoms with van der Waals surface area (Å²) < 4.78 is 5.12. The number of halogens is 1. The van der Waals surface area contributed by atoms with Crippen molar-refractivity contribution in [3.8, 4) is 5.75 Å². The Morgan fingerprint density at radius 2 is 1.78 bits per heavy atom. The van der Waals surface area contributed by atoms with Gasteiger partial charge in [-0.25, -0.2) is 0 Å². The van der Waals surface area contributed by atoms with Crippen molar-refractivity contribution < 1.29 is 14.3 Å². The third-order valence-corrected chi connectivity index (χ3v) is 5.80.